The Morgan fingerprint density at radius 2 is 1.91 bits per heavy atom. The van der Waals surface area contributed by atoms with Crippen LogP contribution in [-0.4, -0.2) is 18.0 Å². The van der Waals surface area contributed by atoms with E-state index in [0.717, 1.165) is 4.47 Å². The molecule has 0 aliphatic carbocycles. The van der Waals surface area contributed by atoms with Gasteiger partial charge in [0.15, 0.2) is 6.10 Å². The third-order valence-electron chi connectivity index (χ3n) is 2.90. The summed E-state index contributed by atoms with van der Waals surface area (Å²) < 4.78 is 5.89. The molecule has 0 bridgehead atoms. The molecule has 1 N–H and O–H groups in total. The van der Waals surface area contributed by atoms with Gasteiger partial charge in [-0.2, -0.15) is 0 Å². The maximum atomic E-state index is 12.1. The van der Waals surface area contributed by atoms with Gasteiger partial charge < -0.3 is 10.1 Å². The molecule has 2 rings (SSSR count). The average Bonchev–Trinajstić information content (AvgIpc) is 2.50. The lowest BCUT2D eigenvalue weighted by molar-refractivity contribution is -0.123. The van der Waals surface area contributed by atoms with Crippen LogP contribution in [-0.2, 0) is 9.53 Å². The van der Waals surface area contributed by atoms with E-state index in [4.69, 9.17) is 27.9 Å². The molecule has 120 valence electrons. The van der Waals surface area contributed by atoms with Crippen LogP contribution < -0.4 is 5.32 Å². The van der Waals surface area contributed by atoms with Crippen LogP contribution in [0.15, 0.2) is 46.9 Å². The molecule has 23 heavy (non-hydrogen) atoms. The number of anilines is 1. The number of benzene rings is 2. The first-order valence-electron chi connectivity index (χ1n) is 6.59. The molecule has 0 aromatic heterocycles. The number of carbonyl (C=O) groups is 2. The number of amides is 1. The highest BCUT2D eigenvalue weighted by Crippen LogP contribution is 2.25. The van der Waals surface area contributed by atoms with E-state index in [1.165, 1.54) is 13.0 Å². The molecule has 2 aromatic rings. The van der Waals surface area contributed by atoms with E-state index in [1.807, 2.05) is 0 Å². The van der Waals surface area contributed by atoms with E-state index in [-0.39, 0.29) is 0 Å². The Morgan fingerprint density at radius 1 is 1.17 bits per heavy atom. The summed E-state index contributed by atoms with van der Waals surface area (Å²) in [5.74, 6) is -1.09. The Balaban J connectivity index is 2.02. The summed E-state index contributed by atoms with van der Waals surface area (Å²) in [5.41, 5.74) is 0.703. The van der Waals surface area contributed by atoms with E-state index in [2.05, 4.69) is 21.2 Å². The lowest BCUT2D eigenvalue weighted by atomic mass is 10.2. The van der Waals surface area contributed by atoms with E-state index in [1.54, 1.807) is 36.4 Å². The molecule has 0 aliphatic heterocycles. The van der Waals surface area contributed by atoms with Crippen LogP contribution in [0.1, 0.15) is 17.3 Å². The van der Waals surface area contributed by atoms with Crippen molar-refractivity contribution in [1.29, 1.82) is 0 Å². The van der Waals surface area contributed by atoms with Gasteiger partial charge in [-0.1, -0.05) is 45.2 Å². The number of hydrogen-bond donors (Lipinski definition) is 1. The van der Waals surface area contributed by atoms with Crippen molar-refractivity contribution < 1.29 is 14.3 Å². The molecule has 0 heterocycles. The van der Waals surface area contributed by atoms with Gasteiger partial charge >= 0.3 is 5.97 Å². The summed E-state index contributed by atoms with van der Waals surface area (Å²) >= 11 is 15.1. The summed E-state index contributed by atoms with van der Waals surface area (Å²) in [4.78, 5) is 24.1. The molecule has 1 atom stereocenters. The van der Waals surface area contributed by atoms with Crippen molar-refractivity contribution >= 4 is 56.7 Å². The smallest absolute Gasteiger partial charge is 0.338 e. The largest absolute Gasteiger partial charge is 0.449 e. The van der Waals surface area contributed by atoms with E-state index >= 15 is 0 Å². The van der Waals surface area contributed by atoms with E-state index in [0.29, 0.717) is 21.3 Å². The highest BCUT2D eigenvalue weighted by Gasteiger charge is 2.20. The lowest BCUT2D eigenvalue weighted by Crippen LogP contribution is -2.30. The Kier molecular flexibility index (Phi) is 6.04. The van der Waals surface area contributed by atoms with E-state index in [9.17, 15) is 9.59 Å². The number of esters is 1. The van der Waals surface area contributed by atoms with Gasteiger partial charge in [-0.25, -0.2) is 4.79 Å². The van der Waals surface area contributed by atoms with Crippen LogP contribution in [0.3, 0.4) is 0 Å². The number of rotatable bonds is 4. The fraction of sp³-hybridized carbons (Fsp3) is 0.125. The van der Waals surface area contributed by atoms with Crippen LogP contribution in [0.2, 0.25) is 10.0 Å². The fourth-order valence-electron chi connectivity index (χ4n) is 1.73. The average molecular weight is 417 g/mol. The quantitative estimate of drug-likeness (QED) is 0.718. The Bertz CT molecular complexity index is 752. The third-order valence-corrected chi connectivity index (χ3v) is 3.96. The lowest BCUT2D eigenvalue weighted by Gasteiger charge is -2.14. The number of ether oxygens (including phenoxy) is 1. The molecule has 0 aliphatic rings. The number of halogens is 3. The SMILES string of the molecule is CC(OC(=O)c1cccc(Br)c1)C(=O)Nc1cc(Cl)ccc1Cl. The molecule has 0 fully saturated rings. The molecule has 7 heteroatoms. The molecule has 4 nitrogen and oxygen atoms in total. The third kappa shape index (κ3) is 4.96. The normalized spacial score (nSPS) is 11.7. The zero-order valence-electron chi connectivity index (χ0n) is 12.0. The summed E-state index contributed by atoms with van der Waals surface area (Å²) in [6, 6.07) is 11.4. The zero-order chi connectivity index (χ0) is 17.0. The van der Waals surface area contributed by atoms with Crippen molar-refractivity contribution in [2.45, 2.75) is 13.0 Å². The van der Waals surface area contributed by atoms with Crippen LogP contribution in [0.4, 0.5) is 5.69 Å². The summed E-state index contributed by atoms with van der Waals surface area (Å²) in [6.45, 7) is 1.48. The minimum Gasteiger partial charge on any atom is -0.449 e. The molecule has 0 radical (unpaired) electrons. The van der Waals surface area contributed by atoms with Gasteiger partial charge in [0.1, 0.15) is 0 Å². The van der Waals surface area contributed by atoms with Gasteiger partial charge in [0.25, 0.3) is 5.91 Å². The maximum absolute atomic E-state index is 12.1. The molecular formula is C16H12BrCl2NO3. The van der Waals surface area contributed by atoms with Gasteiger partial charge in [0.05, 0.1) is 16.3 Å². The molecule has 1 unspecified atom stereocenters. The maximum Gasteiger partial charge on any atom is 0.338 e. The van der Waals surface area contributed by atoms with Gasteiger partial charge in [-0.3, -0.25) is 4.79 Å². The van der Waals surface area contributed by atoms with Crippen molar-refractivity contribution in [2.75, 3.05) is 5.32 Å². The fourth-order valence-corrected chi connectivity index (χ4v) is 2.46. The summed E-state index contributed by atoms with van der Waals surface area (Å²) in [5, 5.41) is 3.35. The van der Waals surface area contributed by atoms with Crippen LogP contribution in [0.25, 0.3) is 0 Å². The predicted molar refractivity (Wildman–Crippen MR) is 94.1 cm³/mol. The second-order valence-electron chi connectivity index (χ2n) is 4.67. The number of hydrogen-bond acceptors (Lipinski definition) is 3. The van der Waals surface area contributed by atoms with Crippen molar-refractivity contribution in [1.82, 2.24) is 0 Å². The minimum absolute atomic E-state index is 0.341. The molecule has 2 aromatic carbocycles. The Labute approximate surface area is 151 Å². The molecule has 0 saturated heterocycles. The van der Waals surface area contributed by atoms with Gasteiger partial charge in [0.2, 0.25) is 0 Å². The number of carbonyl (C=O) groups excluding carboxylic acids is 2. The second-order valence-corrected chi connectivity index (χ2v) is 6.43. The van der Waals surface area contributed by atoms with Gasteiger partial charge in [-0.15, -0.1) is 0 Å². The van der Waals surface area contributed by atoms with Crippen LogP contribution >= 0.6 is 39.1 Å². The topological polar surface area (TPSA) is 55.4 Å². The molecule has 0 saturated carbocycles. The zero-order valence-corrected chi connectivity index (χ0v) is 15.1. The monoisotopic (exact) mass is 415 g/mol. The minimum atomic E-state index is -0.989. The van der Waals surface area contributed by atoms with Crippen molar-refractivity contribution in [2.24, 2.45) is 0 Å². The first-order valence-corrected chi connectivity index (χ1v) is 8.14. The highest BCUT2D eigenvalue weighted by molar-refractivity contribution is 9.10. The molecule has 1 amide bonds. The van der Waals surface area contributed by atoms with Crippen LogP contribution in [0, 0.1) is 0 Å². The molecule has 0 spiro atoms. The van der Waals surface area contributed by atoms with Gasteiger partial charge in [0, 0.05) is 9.50 Å². The van der Waals surface area contributed by atoms with Crippen molar-refractivity contribution in [3.05, 3.63) is 62.5 Å². The first-order chi connectivity index (χ1) is 10.9. The second kappa shape index (κ2) is 7.81. The highest BCUT2D eigenvalue weighted by atomic mass is 79.9. The first kappa shape index (κ1) is 17.8. The van der Waals surface area contributed by atoms with Crippen LogP contribution in [0.5, 0.6) is 0 Å². The van der Waals surface area contributed by atoms with Crippen molar-refractivity contribution in [3.63, 3.8) is 0 Å². The Morgan fingerprint density at radius 3 is 2.61 bits per heavy atom. The molecular weight excluding hydrogens is 405 g/mol. The summed E-state index contributed by atoms with van der Waals surface area (Å²) in [6.07, 6.45) is -0.989. The summed E-state index contributed by atoms with van der Waals surface area (Å²) in [7, 11) is 0. The van der Waals surface area contributed by atoms with E-state index < -0.39 is 18.0 Å². The standard InChI is InChI=1S/C16H12BrCl2NO3/c1-9(23-16(22)10-3-2-4-11(17)7-10)15(21)20-14-8-12(18)5-6-13(14)19/h2-9H,1H3,(H,20,21). The van der Waals surface area contributed by atoms with Crippen molar-refractivity contribution in [3.8, 4) is 0 Å². The van der Waals surface area contributed by atoms with Gasteiger partial charge in [-0.05, 0) is 43.3 Å². The Hall–Kier alpha value is -1.56. The number of nitrogens with one attached hydrogen (secondary N) is 1. The predicted octanol–water partition coefficient (Wildman–Crippen LogP) is 4.94.